The second kappa shape index (κ2) is 7.06. The average Bonchev–Trinajstić information content (AvgIpc) is 2.52. The molecule has 1 aromatic carbocycles. The molecular formula is C15H20N4O3. The molecule has 1 atom stereocenters. The molecule has 0 radical (unpaired) electrons. The Morgan fingerprint density at radius 2 is 2.00 bits per heavy atom. The first-order chi connectivity index (χ1) is 10.5. The lowest BCUT2D eigenvalue weighted by atomic mass is 9.95. The van der Waals surface area contributed by atoms with E-state index in [9.17, 15) is 9.59 Å². The number of carbonyl (C=O) groups is 2. The summed E-state index contributed by atoms with van der Waals surface area (Å²) in [6, 6.07) is 8.42. The van der Waals surface area contributed by atoms with Crippen molar-refractivity contribution in [1.82, 2.24) is 21.1 Å². The molecule has 1 aromatic rings. The number of nitrogens with one attached hydrogen (secondary N) is 3. The summed E-state index contributed by atoms with van der Waals surface area (Å²) < 4.78 is 4.88. The molecule has 7 heteroatoms. The summed E-state index contributed by atoms with van der Waals surface area (Å²) in [6.07, 6.45) is 0. The number of amides is 2. The van der Waals surface area contributed by atoms with E-state index in [1.807, 2.05) is 44.4 Å². The number of carbonyl (C=O) groups excluding carboxylic acids is 2. The molecule has 0 spiro atoms. The van der Waals surface area contributed by atoms with Crippen molar-refractivity contribution in [3.8, 4) is 0 Å². The third kappa shape index (κ3) is 3.63. The van der Waals surface area contributed by atoms with E-state index in [1.54, 1.807) is 5.01 Å². The summed E-state index contributed by atoms with van der Waals surface area (Å²) in [6.45, 7) is 0.314. The zero-order chi connectivity index (χ0) is 16.1. The largest absolute Gasteiger partial charge is 0.466 e. The number of hydrazine groups is 1. The van der Waals surface area contributed by atoms with Crippen molar-refractivity contribution in [3.05, 3.63) is 47.2 Å². The van der Waals surface area contributed by atoms with Crippen molar-refractivity contribution in [2.75, 3.05) is 27.7 Å². The van der Waals surface area contributed by atoms with Gasteiger partial charge in [0.05, 0.1) is 25.3 Å². The molecule has 0 aliphatic carbocycles. The number of methoxy groups -OCH3 is 1. The van der Waals surface area contributed by atoms with Crippen LogP contribution in [0.25, 0.3) is 0 Å². The molecule has 3 N–H and O–H groups in total. The van der Waals surface area contributed by atoms with Crippen LogP contribution < -0.4 is 16.1 Å². The third-order valence-corrected chi connectivity index (χ3v) is 3.26. The summed E-state index contributed by atoms with van der Waals surface area (Å²) in [5.74, 6) is -0.475. The van der Waals surface area contributed by atoms with Gasteiger partial charge in [0.2, 0.25) is 0 Å². The lowest BCUT2D eigenvalue weighted by Crippen LogP contribution is -2.49. The molecule has 2 rings (SSSR count). The van der Waals surface area contributed by atoms with Crippen LogP contribution in [-0.4, -0.2) is 44.8 Å². The van der Waals surface area contributed by atoms with Gasteiger partial charge in [-0.2, -0.15) is 0 Å². The summed E-state index contributed by atoms with van der Waals surface area (Å²) in [7, 11) is 4.98. The molecule has 118 valence electrons. The minimum Gasteiger partial charge on any atom is -0.466 e. The topological polar surface area (TPSA) is 82.7 Å². The molecule has 0 saturated carbocycles. The normalized spacial score (nSPS) is 18.0. The summed E-state index contributed by atoms with van der Waals surface area (Å²) in [4.78, 5) is 24.1. The fraction of sp³-hybridized carbons (Fsp3) is 0.333. The van der Waals surface area contributed by atoms with Gasteiger partial charge in [-0.05, 0) is 5.56 Å². The Morgan fingerprint density at radius 1 is 1.32 bits per heavy atom. The average molecular weight is 304 g/mol. The monoisotopic (exact) mass is 304 g/mol. The number of urea groups is 1. The van der Waals surface area contributed by atoms with E-state index < -0.39 is 12.0 Å². The Bertz CT molecular complexity index is 584. The Hall–Kier alpha value is -2.38. The molecular weight excluding hydrogens is 284 g/mol. The number of benzene rings is 1. The number of hydrogen-bond donors (Lipinski definition) is 3. The van der Waals surface area contributed by atoms with Crippen molar-refractivity contribution < 1.29 is 14.3 Å². The zero-order valence-corrected chi connectivity index (χ0v) is 12.8. The maximum absolute atomic E-state index is 12.2. The number of hydrogen-bond acceptors (Lipinski definition) is 5. The van der Waals surface area contributed by atoms with Crippen molar-refractivity contribution in [1.29, 1.82) is 0 Å². The van der Waals surface area contributed by atoms with Gasteiger partial charge in [0, 0.05) is 19.8 Å². The van der Waals surface area contributed by atoms with E-state index >= 15 is 0 Å². The number of nitrogens with zero attached hydrogens (tertiary/aromatic N) is 1. The molecule has 1 aliphatic rings. The van der Waals surface area contributed by atoms with Gasteiger partial charge in [-0.25, -0.2) is 15.0 Å². The van der Waals surface area contributed by atoms with Gasteiger partial charge < -0.3 is 15.4 Å². The van der Waals surface area contributed by atoms with E-state index in [0.29, 0.717) is 17.8 Å². The van der Waals surface area contributed by atoms with Gasteiger partial charge in [-0.3, -0.25) is 5.01 Å². The van der Waals surface area contributed by atoms with E-state index in [1.165, 1.54) is 7.11 Å². The van der Waals surface area contributed by atoms with E-state index in [4.69, 9.17) is 4.74 Å². The molecule has 7 nitrogen and oxygen atoms in total. The quantitative estimate of drug-likeness (QED) is 0.546. The molecule has 2 amide bonds. The van der Waals surface area contributed by atoms with Gasteiger partial charge in [0.15, 0.2) is 0 Å². The molecule has 0 fully saturated rings. The van der Waals surface area contributed by atoms with Crippen molar-refractivity contribution in [2.45, 2.75) is 6.04 Å². The summed E-state index contributed by atoms with van der Waals surface area (Å²) in [5.41, 5.74) is 4.75. The molecule has 1 heterocycles. The van der Waals surface area contributed by atoms with Crippen LogP contribution in [0.4, 0.5) is 4.79 Å². The predicted octanol–water partition coefficient (Wildman–Crippen LogP) is 0.534. The van der Waals surface area contributed by atoms with E-state index in [0.717, 1.165) is 5.56 Å². The maximum Gasteiger partial charge on any atom is 0.338 e. The third-order valence-electron chi connectivity index (χ3n) is 3.26. The van der Waals surface area contributed by atoms with E-state index in [-0.39, 0.29) is 6.03 Å². The second-order valence-electron chi connectivity index (χ2n) is 5.06. The minimum absolute atomic E-state index is 0.314. The Labute approximate surface area is 129 Å². The fourth-order valence-corrected chi connectivity index (χ4v) is 2.24. The molecule has 0 aromatic heterocycles. The smallest absolute Gasteiger partial charge is 0.338 e. The molecule has 0 bridgehead atoms. The van der Waals surface area contributed by atoms with Crippen LogP contribution in [0.1, 0.15) is 11.6 Å². The molecule has 0 saturated heterocycles. The second-order valence-corrected chi connectivity index (χ2v) is 5.06. The van der Waals surface area contributed by atoms with Gasteiger partial charge in [0.25, 0.3) is 0 Å². The molecule has 1 aliphatic heterocycles. The number of rotatable bonds is 5. The Morgan fingerprint density at radius 3 is 2.59 bits per heavy atom. The molecule has 1 unspecified atom stereocenters. The first kappa shape index (κ1) is 16.0. The van der Waals surface area contributed by atoms with Crippen molar-refractivity contribution in [3.63, 3.8) is 0 Å². The highest BCUT2D eigenvalue weighted by Gasteiger charge is 2.33. The van der Waals surface area contributed by atoms with Gasteiger partial charge >= 0.3 is 12.0 Å². The highest BCUT2D eigenvalue weighted by atomic mass is 16.5. The predicted molar refractivity (Wildman–Crippen MR) is 81.6 cm³/mol. The summed E-state index contributed by atoms with van der Waals surface area (Å²) >= 11 is 0. The van der Waals surface area contributed by atoms with Crippen LogP contribution in [0.15, 0.2) is 41.6 Å². The Kier molecular flexibility index (Phi) is 5.13. The van der Waals surface area contributed by atoms with Crippen molar-refractivity contribution >= 4 is 12.0 Å². The van der Waals surface area contributed by atoms with Crippen LogP contribution in [0.5, 0.6) is 0 Å². The first-order valence-electron chi connectivity index (χ1n) is 6.87. The van der Waals surface area contributed by atoms with Crippen LogP contribution in [0.2, 0.25) is 0 Å². The maximum atomic E-state index is 12.2. The van der Waals surface area contributed by atoms with Gasteiger partial charge in [0.1, 0.15) is 0 Å². The number of ether oxygens (including phenoxy) is 1. The highest BCUT2D eigenvalue weighted by molar-refractivity contribution is 5.95. The number of esters is 1. The van der Waals surface area contributed by atoms with Crippen LogP contribution in [-0.2, 0) is 9.53 Å². The summed E-state index contributed by atoms with van der Waals surface area (Å²) in [5, 5.41) is 7.19. The van der Waals surface area contributed by atoms with Crippen LogP contribution in [0.3, 0.4) is 0 Å². The zero-order valence-electron chi connectivity index (χ0n) is 12.8. The van der Waals surface area contributed by atoms with Gasteiger partial charge in [-0.1, -0.05) is 30.3 Å². The van der Waals surface area contributed by atoms with Gasteiger partial charge in [-0.15, -0.1) is 0 Å². The van der Waals surface area contributed by atoms with Crippen LogP contribution in [0, 0.1) is 0 Å². The molecule has 22 heavy (non-hydrogen) atoms. The SMILES string of the molecule is COC(=O)C1=C(CNN(C)C)NC(=O)NC1c1ccccc1. The van der Waals surface area contributed by atoms with Crippen LogP contribution >= 0.6 is 0 Å². The highest BCUT2D eigenvalue weighted by Crippen LogP contribution is 2.27. The lowest BCUT2D eigenvalue weighted by molar-refractivity contribution is -0.136. The Balaban J connectivity index is 2.43. The first-order valence-corrected chi connectivity index (χ1v) is 6.87. The minimum atomic E-state index is -0.540. The standard InChI is InChI=1S/C15H20N4O3/c1-19(2)16-9-11-12(14(20)22-3)13(18-15(21)17-11)10-7-5-4-6-8-10/h4-8,13,16H,9H2,1-3H3,(H2,17,18,21). The van der Waals surface area contributed by atoms with Crippen molar-refractivity contribution in [2.24, 2.45) is 0 Å². The van der Waals surface area contributed by atoms with E-state index in [2.05, 4.69) is 16.1 Å². The fourth-order valence-electron chi connectivity index (χ4n) is 2.24. The lowest BCUT2D eigenvalue weighted by Gasteiger charge is -2.29.